The normalized spacial score (nSPS) is 17.0. The van der Waals surface area contributed by atoms with E-state index in [4.69, 9.17) is 4.74 Å². The molecule has 0 spiro atoms. The van der Waals surface area contributed by atoms with Crippen LogP contribution in [0.25, 0.3) is 11.1 Å². The van der Waals surface area contributed by atoms with Crippen LogP contribution in [0.2, 0.25) is 0 Å². The van der Waals surface area contributed by atoms with Gasteiger partial charge in [0.15, 0.2) is 0 Å². The van der Waals surface area contributed by atoms with Crippen LogP contribution in [0.1, 0.15) is 29.5 Å². The maximum atomic E-state index is 10.5. The molecule has 3 heteroatoms. The molecular formula is C21H27NO2. The second-order valence-electron chi connectivity index (χ2n) is 7.01. The highest BCUT2D eigenvalue weighted by Crippen LogP contribution is 2.23. The predicted molar refractivity (Wildman–Crippen MR) is 98.1 cm³/mol. The topological polar surface area (TPSA) is 41.5 Å². The zero-order chi connectivity index (χ0) is 17.0. The Kier molecular flexibility index (Phi) is 5.34. The largest absolute Gasteiger partial charge is 0.388 e. The minimum Gasteiger partial charge on any atom is -0.388 e. The lowest BCUT2D eigenvalue weighted by Crippen LogP contribution is -2.44. The monoisotopic (exact) mass is 325 g/mol. The van der Waals surface area contributed by atoms with Gasteiger partial charge in [0.05, 0.1) is 5.60 Å². The van der Waals surface area contributed by atoms with Crippen LogP contribution in [-0.4, -0.2) is 30.5 Å². The molecular weight excluding hydrogens is 298 g/mol. The zero-order valence-electron chi connectivity index (χ0n) is 14.6. The molecule has 1 saturated heterocycles. The van der Waals surface area contributed by atoms with Crippen molar-refractivity contribution in [2.75, 3.05) is 19.8 Å². The summed E-state index contributed by atoms with van der Waals surface area (Å²) in [6.07, 6.45) is 1.43. The summed E-state index contributed by atoms with van der Waals surface area (Å²) in [7, 11) is 0. The Morgan fingerprint density at radius 1 is 0.958 bits per heavy atom. The van der Waals surface area contributed by atoms with Crippen molar-refractivity contribution in [1.29, 1.82) is 0 Å². The number of hydrogen-bond donors (Lipinski definition) is 2. The number of hydrogen-bond acceptors (Lipinski definition) is 3. The smallest absolute Gasteiger partial charge is 0.0815 e. The average Bonchev–Trinajstić information content (AvgIpc) is 2.55. The highest BCUT2D eigenvalue weighted by molar-refractivity contribution is 5.65. The van der Waals surface area contributed by atoms with Gasteiger partial charge in [0, 0.05) is 39.1 Å². The molecule has 2 N–H and O–H groups in total. The summed E-state index contributed by atoms with van der Waals surface area (Å²) in [5.41, 5.74) is 5.72. The van der Waals surface area contributed by atoms with E-state index in [9.17, 15) is 5.11 Å². The number of benzene rings is 2. The molecule has 0 radical (unpaired) electrons. The lowest BCUT2D eigenvalue weighted by atomic mass is 9.94. The van der Waals surface area contributed by atoms with Gasteiger partial charge in [0.1, 0.15) is 0 Å². The van der Waals surface area contributed by atoms with E-state index < -0.39 is 5.60 Å². The van der Waals surface area contributed by atoms with Crippen LogP contribution in [-0.2, 0) is 11.3 Å². The molecule has 128 valence electrons. The van der Waals surface area contributed by atoms with E-state index in [1.807, 2.05) is 0 Å². The Morgan fingerprint density at radius 3 is 2.21 bits per heavy atom. The molecule has 3 rings (SSSR count). The first kappa shape index (κ1) is 17.2. The summed E-state index contributed by atoms with van der Waals surface area (Å²) in [4.78, 5) is 0. The van der Waals surface area contributed by atoms with Crippen molar-refractivity contribution < 1.29 is 9.84 Å². The SMILES string of the molecule is Cc1cc(C)cc(-c2ccc(CNCC3(O)CCOCC3)cc2)c1. The summed E-state index contributed by atoms with van der Waals surface area (Å²) >= 11 is 0. The van der Waals surface area contributed by atoms with Crippen LogP contribution in [0.4, 0.5) is 0 Å². The van der Waals surface area contributed by atoms with Crippen molar-refractivity contribution in [3.63, 3.8) is 0 Å². The van der Waals surface area contributed by atoms with Gasteiger partial charge in [0.25, 0.3) is 0 Å². The third kappa shape index (κ3) is 4.44. The van der Waals surface area contributed by atoms with E-state index in [0.717, 1.165) is 6.54 Å². The van der Waals surface area contributed by atoms with E-state index in [0.29, 0.717) is 32.6 Å². The van der Waals surface area contributed by atoms with Crippen molar-refractivity contribution in [2.24, 2.45) is 0 Å². The first-order valence-corrected chi connectivity index (χ1v) is 8.73. The fourth-order valence-corrected chi connectivity index (χ4v) is 3.32. The molecule has 0 amide bonds. The van der Waals surface area contributed by atoms with Gasteiger partial charge in [-0.3, -0.25) is 0 Å². The Bertz CT molecular complexity index is 652. The summed E-state index contributed by atoms with van der Waals surface area (Å²) in [5.74, 6) is 0. The van der Waals surface area contributed by atoms with Crippen molar-refractivity contribution in [3.05, 3.63) is 59.2 Å². The number of aliphatic hydroxyl groups is 1. The fourth-order valence-electron chi connectivity index (χ4n) is 3.32. The van der Waals surface area contributed by atoms with Gasteiger partial charge in [-0.2, -0.15) is 0 Å². The van der Waals surface area contributed by atoms with E-state index >= 15 is 0 Å². The fraction of sp³-hybridized carbons (Fsp3) is 0.429. The van der Waals surface area contributed by atoms with Crippen LogP contribution in [0.5, 0.6) is 0 Å². The lowest BCUT2D eigenvalue weighted by Gasteiger charge is -2.32. The second-order valence-corrected chi connectivity index (χ2v) is 7.01. The molecule has 0 unspecified atom stereocenters. The van der Waals surface area contributed by atoms with Gasteiger partial charge in [-0.25, -0.2) is 0 Å². The maximum Gasteiger partial charge on any atom is 0.0815 e. The van der Waals surface area contributed by atoms with Crippen LogP contribution in [0, 0.1) is 13.8 Å². The van der Waals surface area contributed by atoms with Gasteiger partial charge in [-0.1, -0.05) is 53.6 Å². The molecule has 0 aromatic heterocycles. The van der Waals surface area contributed by atoms with E-state index in [-0.39, 0.29) is 0 Å². The van der Waals surface area contributed by atoms with Gasteiger partial charge in [-0.15, -0.1) is 0 Å². The molecule has 2 aromatic rings. The minimum absolute atomic E-state index is 0.614. The molecule has 1 aliphatic heterocycles. The molecule has 0 atom stereocenters. The summed E-state index contributed by atoms with van der Waals surface area (Å²) in [5, 5.41) is 13.8. The molecule has 1 fully saturated rings. The van der Waals surface area contributed by atoms with Crippen molar-refractivity contribution in [1.82, 2.24) is 5.32 Å². The molecule has 1 heterocycles. The van der Waals surface area contributed by atoms with E-state index in [1.165, 1.54) is 27.8 Å². The predicted octanol–water partition coefficient (Wildman–Crippen LogP) is 3.60. The second kappa shape index (κ2) is 7.47. The van der Waals surface area contributed by atoms with Crippen molar-refractivity contribution >= 4 is 0 Å². The molecule has 0 bridgehead atoms. The molecule has 1 aliphatic rings. The van der Waals surface area contributed by atoms with Crippen LogP contribution in [0.3, 0.4) is 0 Å². The van der Waals surface area contributed by atoms with E-state index in [2.05, 4.69) is 61.6 Å². The van der Waals surface area contributed by atoms with Gasteiger partial charge < -0.3 is 15.2 Å². The molecule has 3 nitrogen and oxygen atoms in total. The third-order valence-electron chi connectivity index (χ3n) is 4.72. The summed E-state index contributed by atoms with van der Waals surface area (Å²) < 4.78 is 5.31. The van der Waals surface area contributed by atoms with Gasteiger partial charge in [0.2, 0.25) is 0 Å². The number of rotatable bonds is 5. The maximum absolute atomic E-state index is 10.5. The first-order valence-electron chi connectivity index (χ1n) is 8.73. The number of aryl methyl sites for hydroxylation is 2. The minimum atomic E-state index is -0.614. The summed E-state index contributed by atoms with van der Waals surface area (Å²) in [6.45, 7) is 6.97. The van der Waals surface area contributed by atoms with Crippen molar-refractivity contribution in [2.45, 2.75) is 38.8 Å². The average molecular weight is 325 g/mol. The zero-order valence-corrected chi connectivity index (χ0v) is 14.6. The van der Waals surface area contributed by atoms with Crippen molar-refractivity contribution in [3.8, 4) is 11.1 Å². The summed E-state index contributed by atoms with van der Waals surface area (Å²) in [6, 6.07) is 15.3. The lowest BCUT2D eigenvalue weighted by molar-refractivity contribution is -0.0617. The highest BCUT2D eigenvalue weighted by atomic mass is 16.5. The Balaban J connectivity index is 1.58. The Morgan fingerprint density at radius 2 is 1.58 bits per heavy atom. The number of nitrogens with one attached hydrogen (secondary N) is 1. The number of ether oxygens (including phenoxy) is 1. The molecule has 24 heavy (non-hydrogen) atoms. The van der Waals surface area contributed by atoms with Crippen LogP contribution in [0.15, 0.2) is 42.5 Å². The molecule has 0 saturated carbocycles. The van der Waals surface area contributed by atoms with Gasteiger partial charge in [-0.05, 0) is 30.5 Å². The Hall–Kier alpha value is -1.68. The Labute approximate surface area is 144 Å². The third-order valence-corrected chi connectivity index (χ3v) is 4.72. The quantitative estimate of drug-likeness (QED) is 0.882. The van der Waals surface area contributed by atoms with Crippen LogP contribution < -0.4 is 5.32 Å². The first-order chi connectivity index (χ1) is 11.5. The van der Waals surface area contributed by atoms with Gasteiger partial charge >= 0.3 is 0 Å². The van der Waals surface area contributed by atoms with E-state index in [1.54, 1.807) is 0 Å². The standard InChI is InChI=1S/C21H27NO2/c1-16-11-17(2)13-20(12-16)19-5-3-18(4-6-19)14-22-15-21(23)7-9-24-10-8-21/h3-6,11-13,22-23H,7-10,14-15H2,1-2H3. The highest BCUT2D eigenvalue weighted by Gasteiger charge is 2.28. The molecule has 0 aliphatic carbocycles. The van der Waals surface area contributed by atoms with Crippen LogP contribution >= 0.6 is 0 Å². The molecule has 2 aromatic carbocycles.